The van der Waals surface area contributed by atoms with Crippen LogP contribution in [0.25, 0.3) is 0 Å². The summed E-state index contributed by atoms with van der Waals surface area (Å²) in [5.74, 6) is -4.04. The maximum absolute atomic E-state index is 13.2. The van der Waals surface area contributed by atoms with Gasteiger partial charge in [-0.3, -0.25) is 24.0 Å². The van der Waals surface area contributed by atoms with E-state index in [1.165, 1.54) is 6.92 Å². The first-order chi connectivity index (χ1) is 19.7. The van der Waals surface area contributed by atoms with Gasteiger partial charge in [0.25, 0.3) is 0 Å². The highest BCUT2D eigenvalue weighted by molar-refractivity contribution is 5.95. The van der Waals surface area contributed by atoms with E-state index in [0.29, 0.717) is 12.8 Å². The average Bonchev–Trinajstić information content (AvgIpc) is 2.89. The largest absolute Gasteiger partial charge is 0.460 e. The molecule has 0 aromatic heterocycles. The number of nitrogens with one attached hydrogen (secondary N) is 5. The van der Waals surface area contributed by atoms with Crippen LogP contribution in [-0.4, -0.2) is 72.3 Å². The third kappa shape index (κ3) is 13.2. The van der Waals surface area contributed by atoms with Gasteiger partial charge in [0.05, 0.1) is 13.0 Å². The summed E-state index contributed by atoms with van der Waals surface area (Å²) in [6, 6.07) is -3.95. The van der Waals surface area contributed by atoms with Gasteiger partial charge in [-0.15, -0.1) is 0 Å². The molecule has 240 valence electrons. The van der Waals surface area contributed by atoms with Gasteiger partial charge in [-0.05, 0) is 43.9 Å². The van der Waals surface area contributed by atoms with Crippen LogP contribution in [-0.2, 0) is 33.5 Å². The number of hydrogen-bond donors (Lipinski definition) is 5. The number of ether oxygens (including phenoxy) is 1. The lowest BCUT2D eigenvalue weighted by Crippen LogP contribution is -2.58. The Morgan fingerprint density at radius 2 is 1.38 bits per heavy atom. The van der Waals surface area contributed by atoms with Crippen LogP contribution >= 0.6 is 0 Å². The minimum absolute atomic E-state index is 0.0316. The summed E-state index contributed by atoms with van der Waals surface area (Å²) in [6.45, 7) is 14.0. The Hall–Kier alpha value is -3.18. The van der Waals surface area contributed by atoms with Gasteiger partial charge in [0.15, 0.2) is 0 Å². The lowest BCUT2D eigenvalue weighted by molar-refractivity contribution is -0.156. The molecule has 5 N–H and O–H groups in total. The van der Waals surface area contributed by atoms with Crippen molar-refractivity contribution >= 4 is 35.5 Å². The second kappa shape index (κ2) is 18.4. The van der Waals surface area contributed by atoms with Crippen LogP contribution in [0.1, 0.15) is 100 Å². The smallest absolute Gasteiger partial charge is 0.329 e. The molecule has 0 aromatic carbocycles. The molecule has 5 atom stereocenters. The van der Waals surface area contributed by atoms with Gasteiger partial charge in [0.1, 0.15) is 30.3 Å². The van der Waals surface area contributed by atoms with Gasteiger partial charge in [0.2, 0.25) is 29.5 Å². The second-order valence-corrected chi connectivity index (χ2v) is 12.3. The monoisotopic (exact) mass is 595 g/mol. The Kier molecular flexibility index (Phi) is 16.1. The first kappa shape index (κ1) is 36.8. The molecule has 12 nitrogen and oxygen atoms in total. The van der Waals surface area contributed by atoms with Crippen molar-refractivity contribution in [2.24, 2.45) is 17.8 Å². The number of carbonyl (C=O) groups is 6. The van der Waals surface area contributed by atoms with E-state index in [9.17, 15) is 28.8 Å². The number of hydrogen-bond acceptors (Lipinski definition) is 7. The molecular weight excluding hydrogens is 542 g/mol. The quantitative estimate of drug-likeness (QED) is 0.199. The standard InChI is InChI=1S/C30H53N5O7/c1-9-10-11-12-13-21-15-23(36)31-16-24(37)34-25(18(4)5)29(40)33-22(14-17(2)3)28(39)32-20(8)27(38)35-26(19(6)7)30(41)42-21/h17-22,25-26H,9-16H2,1-8H3,(H,31,36)(H,32,39)(H,33,40)(H,34,37)(H,35,38)/t20-,21+,22?,25?,26-/m0/s1. The van der Waals surface area contributed by atoms with Gasteiger partial charge in [-0.1, -0.05) is 67.7 Å². The SMILES string of the molecule is CCCCCC[C@@H]1CC(=O)NCC(=O)NC(C(C)C)C(=O)NC(CC(C)C)C(=O)N[C@@H](C)C(=O)N[C@@H](C(C)C)C(=O)O1. The molecule has 1 aliphatic heterocycles. The van der Waals surface area contributed by atoms with E-state index in [0.717, 1.165) is 25.7 Å². The zero-order valence-electron chi connectivity index (χ0n) is 26.6. The molecule has 0 aromatic rings. The van der Waals surface area contributed by atoms with Crippen molar-refractivity contribution in [3.8, 4) is 0 Å². The number of cyclic esters (lactones) is 1. The number of carbonyl (C=O) groups excluding carboxylic acids is 6. The summed E-state index contributed by atoms with van der Waals surface area (Å²) < 4.78 is 5.74. The van der Waals surface area contributed by atoms with Gasteiger partial charge in [-0.25, -0.2) is 4.79 Å². The fraction of sp³-hybridized carbons (Fsp3) is 0.800. The number of rotatable bonds is 9. The van der Waals surface area contributed by atoms with E-state index >= 15 is 0 Å². The third-order valence-corrected chi connectivity index (χ3v) is 7.10. The van der Waals surface area contributed by atoms with Gasteiger partial charge in [-0.2, -0.15) is 0 Å². The summed E-state index contributed by atoms with van der Waals surface area (Å²) >= 11 is 0. The number of unbranched alkanes of at least 4 members (excludes halogenated alkanes) is 3. The lowest BCUT2D eigenvalue weighted by atomic mass is 9.99. The molecule has 42 heavy (non-hydrogen) atoms. The molecule has 1 heterocycles. The minimum Gasteiger partial charge on any atom is -0.460 e. The van der Waals surface area contributed by atoms with Crippen LogP contribution in [0.3, 0.4) is 0 Å². The van der Waals surface area contributed by atoms with Gasteiger partial charge >= 0.3 is 5.97 Å². The summed E-state index contributed by atoms with van der Waals surface area (Å²) in [6.07, 6.45) is 3.51. The maximum atomic E-state index is 13.2. The summed E-state index contributed by atoms with van der Waals surface area (Å²) in [7, 11) is 0. The molecule has 0 radical (unpaired) electrons. The van der Waals surface area contributed by atoms with Crippen molar-refractivity contribution in [1.29, 1.82) is 0 Å². The number of esters is 1. The van der Waals surface area contributed by atoms with Crippen molar-refractivity contribution in [3.63, 3.8) is 0 Å². The van der Waals surface area contributed by atoms with Crippen molar-refractivity contribution in [1.82, 2.24) is 26.6 Å². The Morgan fingerprint density at radius 3 is 1.95 bits per heavy atom. The molecule has 1 aliphatic rings. The van der Waals surface area contributed by atoms with Crippen molar-refractivity contribution in [2.75, 3.05) is 6.54 Å². The summed E-state index contributed by atoms with van der Waals surface area (Å²) in [4.78, 5) is 78.2. The highest BCUT2D eigenvalue weighted by Crippen LogP contribution is 2.15. The molecular formula is C30H53N5O7. The summed E-state index contributed by atoms with van der Waals surface area (Å²) in [5.41, 5.74) is 0. The Labute approximate surface area is 250 Å². The first-order valence-corrected chi connectivity index (χ1v) is 15.3. The topological polar surface area (TPSA) is 172 Å². The van der Waals surface area contributed by atoms with Crippen LogP contribution < -0.4 is 26.6 Å². The maximum Gasteiger partial charge on any atom is 0.329 e. The average molecular weight is 596 g/mol. The van der Waals surface area contributed by atoms with Crippen LogP contribution in [0.15, 0.2) is 0 Å². The molecule has 0 bridgehead atoms. The molecule has 12 heteroatoms. The van der Waals surface area contributed by atoms with E-state index < -0.39 is 65.8 Å². The summed E-state index contributed by atoms with van der Waals surface area (Å²) in [5, 5.41) is 13.2. The van der Waals surface area contributed by atoms with E-state index in [1.807, 2.05) is 13.8 Å². The van der Waals surface area contributed by atoms with E-state index in [1.54, 1.807) is 27.7 Å². The van der Waals surface area contributed by atoms with Crippen LogP contribution in [0, 0.1) is 17.8 Å². The van der Waals surface area contributed by atoms with Crippen molar-refractivity contribution < 1.29 is 33.5 Å². The fourth-order valence-electron chi connectivity index (χ4n) is 4.58. The predicted octanol–water partition coefficient (Wildman–Crippen LogP) is 1.71. The molecule has 2 unspecified atom stereocenters. The van der Waals surface area contributed by atoms with Crippen LogP contribution in [0.2, 0.25) is 0 Å². The van der Waals surface area contributed by atoms with Gasteiger partial charge in [0, 0.05) is 0 Å². The van der Waals surface area contributed by atoms with E-state index in [2.05, 4.69) is 33.5 Å². The van der Waals surface area contributed by atoms with E-state index in [4.69, 9.17) is 4.74 Å². The highest BCUT2D eigenvalue weighted by atomic mass is 16.5. The normalized spacial score (nSPS) is 25.9. The molecule has 0 saturated carbocycles. The fourth-order valence-corrected chi connectivity index (χ4v) is 4.58. The molecule has 5 amide bonds. The minimum atomic E-state index is -1.02. The van der Waals surface area contributed by atoms with Crippen molar-refractivity contribution in [2.45, 2.75) is 131 Å². The lowest BCUT2D eigenvalue weighted by Gasteiger charge is -2.27. The Morgan fingerprint density at radius 1 is 0.738 bits per heavy atom. The Balaban J connectivity index is 3.33. The molecule has 1 fully saturated rings. The zero-order valence-corrected chi connectivity index (χ0v) is 26.6. The zero-order chi connectivity index (χ0) is 32.0. The van der Waals surface area contributed by atoms with Crippen LogP contribution in [0.5, 0.6) is 0 Å². The van der Waals surface area contributed by atoms with E-state index in [-0.39, 0.29) is 30.7 Å². The molecule has 0 spiro atoms. The highest BCUT2D eigenvalue weighted by Gasteiger charge is 2.33. The molecule has 0 aliphatic carbocycles. The number of amides is 5. The molecule has 1 saturated heterocycles. The predicted molar refractivity (Wildman–Crippen MR) is 159 cm³/mol. The van der Waals surface area contributed by atoms with Crippen LogP contribution in [0.4, 0.5) is 0 Å². The van der Waals surface area contributed by atoms with Gasteiger partial charge < -0.3 is 31.3 Å². The van der Waals surface area contributed by atoms with Crippen molar-refractivity contribution in [3.05, 3.63) is 0 Å². The first-order valence-electron chi connectivity index (χ1n) is 15.3. The Bertz CT molecular complexity index is 937. The third-order valence-electron chi connectivity index (χ3n) is 7.10. The molecule has 1 rings (SSSR count). The second-order valence-electron chi connectivity index (χ2n) is 12.3.